The Morgan fingerprint density at radius 1 is 1.05 bits per heavy atom. The van der Waals surface area contributed by atoms with Gasteiger partial charge < -0.3 is 5.32 Å². The van der Waals surface area contributed by atoms with E-state index in [1.165, 1.54) is 18.2 Å². The Morgan fingerprint density at radius 3 is 2.43 bits per heavy atom. The zero-order valence-corrected chi connectivity index (χ0v) is 10.8. The van der Waals surface area contributed by atoms with E-state index in [0.717, 1.165) is 18.2 Å². The average Bonchev–Trinajstić information content (AvgIpc) is 2.42. The van der Waals surface area contributed by atoms with E-state index in [9.17, 15) is 23.3 Å². The van der Waals surface area contributed by atoms with Crippen molar-refractivity contribution in [2.75, 3.05) is 0 Å². The van der Waals surface area contributed by atoms with Crippen molar-refractivity contribution in [3.05, 3.63) is 75.1 Å². The SMILES string of the molecule is O=[N+]([O-])c1cccc(CNCc2ccc(F)cc2F)c1F. The molecule has 2 rings (SSSR count). The van der Waals surface area contributed by atoms with Gasteiger partial charge in [0.2, 0.25) is 5.82 Å². The van der Waals surface area contributed by atoms with Crippen LogP contribution in [0.2, 0.25) is 0 Å². The Kier molecular flexibility index (Phi) is 4.54. The van der Waals surface area contributed by atoms with E-state index in [2.05, 4.69) is 5.32 Å². The predicted molar refractivity (Wildman–Crippen MR) is 70.0 cm³/mol. The molecule has 110 valence electrons. The molecule has 2 aromatic rings. The monoisotopic (exact) mass is 296 g/mol. The van der Waals surface area contributed by atoms with Crippen molar-refractivity contribution in [3.8, 4) is 0 Å². The third kappa shape index (κ3) is 3.57. The van der Waals surface area contributed by atoms with Crippen molar-refractivity contribution in [1.82, 2.24) is 5.32 Å². The summed E-state index contributed by atoms with van der Waals surface area (Å²) in [4.78, 5) is 9.80. The van der Waals surface area contributed by atoms with Crippen LogP contribution < -0.4 is 5.32 Å². The van der Waals surface area contributed by atoms with E-state index in [1.807, 2.05) is 0 Å². The molecule has 0 amide bonds. The molecule has 0 atom stereocenters. The molecule has 21 heavy (non-hydrogen) atoms. The van der Waals surface area contributed by atoms with Crippen LogP contribution in [0.25, 0.3) is 0 Å². The van der Waals surface area contributed by atoms with Crippen LogP contribution in [0.1, 0.15) is 11.1 Å². The number of nitro groups is 1. The fraction of sp³-hybridized carbons (Fsp3) is 0.143. The van der Waals surface area contributed by atoms with Gasteiger partial charge in [-0.15, -0.1) is 0 Å². The first-order chi connectivity index (χ1) is 9.99. The summed E-state index contributed by atoms with van der Waals surface area (Å²) in [5, 5.41) is 13.4. The van der Waals surface area contributed by atoms with Gasteiger partial charge in [-0.3, -0.25) is 10.1 Å². The van der Waals surface area contributed by atoms with Crippen molar-refractivity contribution in [2.24, 2.45) is 0 Å². The Hall–Kier alpha value is -2.41. The largest absolute Gasteiger partial charge is 0.308 e. The highest BCUT2D eigenvalue weighted by Gasteiger charge is 2.16. The molecule has 0 saturated heterocycles. The third-order valence-corrected chi connectivity index (χ3v) is 2.90. The molecule has 4 nitrogen and oxygen atoms in total. The number of nitrogens with one attached hydrogen (secondary N) is 1. The van der Waals surface area contributed by atoms with Gasteiger partial charge in [0.1, 0.15) is 11.6 Å². The summed E-state index contributed by atoms with van der Waals surface area (Å²) < 4.78 is 39.9. The maximum Gasteiger partial charge on any atom is 0.305 e. The fourth-order valence-corrected chi connectivity index (χ4v) is 1.84. The summed E-state index contributed by atoms with van der Waals surface area (Å²) in [5.74, 6) is -2.31. The first-order valence-corrected chi connectivity index (χ1v) is 6.05. The number of benzene rings is 2. The molecule has 0 aliphatic rings. The second kappa shape index (κ2) is 6.36. The molecule has 0 radical (unpaired) electrons. The van der Waals surface area contributed by atoms with Gasteiger partial charge in [0, 0.05) is 36.3 Å². The Balaban J connectivity index is 2.04. The smallest absolute Gasteiger partial charge is 0.305 e. The number of nitro benzene ring substituents is 1. The van der Waals surface area contributed by atoms with E-state index in [0.29, 0.717) is 0 Å². The number of hydrogen-bond donors (Lipinski definition) is 1. The van der Waals surface area contributed by atoms with Gasteiger partial charge in [-0.1, -0.05) is 18.2 Å². The normalized spacial score (nSPS) is 10.6. The highest BCUT2D eigenvalue weighted by molar-refractivity contribution is 5.36. The van der Waals surface area contributed by atoms with Crippen LogP contribution in [0, 0.1) is 27.6 Å². The Labute approximate surface area is 118 Å². The molecule has 0 bridgehead atoms. The summed E-state index contributed by atoms with van der Waals surface area (Å²) in [6.07, 6.45) is 0. The van der Waals surface area contributed by atoms with Gasteiger partial charge in [0.15, 0.2) is 0 Å². The zero-order valence-electron chi connectivity index (χ0n) is 10.8. The van der Waals surface area contributed by atoms with Crippen molar-refractivity contribution in [3.63, 3.8) is 0 Å². The minimum atomic E-state index is -0.922. The Bertz CT molecular complexity index is 677. The minimum Gasteiger partial charge on any atom is -0.308 e. The van der Waals surface area contributed by atoms with E-state index in [1.54, 1.807) is 0 Å². The maximum atomic E-state index is 13.8. The molecule has 0 saturated carbocycles. The highest BCUT2D eigenvalue weighted by atomic mass is 19.1. The van der Waals surface area contributed by atoms with E-state index < -0.39 is 28.1 Å². The van der Waals surface area contributed by atoms with E-state index >= 15 is 0 Å². The van der Waals surface area contributed by atoms with Gasteiger partial charge in [-0.25, -0.2) is 8.78 Å². The topological polar surface area (TPSA) is 55.2 Å². The van der Waals surface area contributed by atoms with Crippen LogP contribution >= 0.6 is 0 Å². The zero-order chi connectivity index (χ0) is 15.4. The summed E-state index contributed by atoms with van der Waals surface area (Å²) in [6, 6.07) is 6.99. The van der Waals surface area contributed by atoms with Gasteiger partial charge in [0.05, 0.1) is 4.92 Å². The molecule has 0 heterocycles. The molecular weight excluding hydrogens is 285 g/mol. The van der Waals surface area contributed by atoms with Gasteiger partial charge in [0.25, 0.3) is 0 Å². The molecule has 0 unspecified atom stereocenters. The third-order valence-electron chi connectivity index (χ3n) is 2.90. The van der Waals surface area contributed by atoms with Gasteiger partial charge in [-0.2, -0.15) is 4.39 Å². The Morgan fingerprint density at radius 2 is 1.76 bits per heavy atom. The van der Waals surface area contributed by atoms with Crippen LogP contribution in [0.3, 0.4) is 0 Å². The molecule has 0 aromatic heterocycles. The number of halogens is 3. The average molecular weight is 296 g/mol. The lowest BCUT2D eigenvalue weighted by atomic mass is 10.1. The maximum absolute atomic E-state index is 13.8. The lowest BCUT2D eigenvalue weighted by Crippen LogP contribution is -2.15. The second-order valence-electron chi connectivity index (χ2n) is 4.35. The second-order valence-corrected chi connectivity index (χ2v) is 4.35. The molecule has 0 fully saturated rings. The van der Waals surface area contributed by atoms with Crippen molar-refractivity contribution >= 4 is 5.69 Å². The predicted octanol–water partition coefficient (Wildman–Crippen LogP) is 3.30. The molecule has 0 aliphatic heterocycles. The number of rotatable bonds is 5. The standard InChI is InChI=1S/C14H11F3N2O2/c15-11-5-4-9(12(16)6-11)7-18-8-10-2-1-3-13(14(10)17)19(20)21/h1-6,18H,7-8H2. The summed E-state index contributed by atoms with van der Waals surface area (Å²) in [6.45, 7) is 0.0403. The van der Waals surface area contributed by atoms with Crippen LogP contribution in [-0.4, -0.2) is 4.92 Å². The molecular formula is C14H11F3N2O2. The molecule has 0 aliphatic carbocycles. The number of nitrogens with zero attached hydrogens (tertiary/aromatic N) is 1. The highest BCUT2D eigenvalue weighted by Crippen LogP contribution is 2.20. The van der Waals surface area contributed by atoms with Crippen LogP contribution in [0.15, 0.2) is 36.4 Å². The van der Waals surface area contributed by atoms with Gasteiger partial charge >= 0.3 is 5.69 Å². The lowest BCUT2D eigenvalue weighted by molar-refractivity contribution is -0.387. The first kappa shape index (κ1) is 15.0. The molecule has 2 aromatic carbocycles. The molecule has 7 heteroatoms. The fourth-order valence-electron chi connectivity index (χ4n) is 1.84. The molecule has 1 N–H and O–H groups in total. The summed E-state index contributed by atoms with van der Waals surface area (Å²) >= 11 is 0. The summed E-state index contributed by atoms with van der Waals surface area (Å²) in [5.41, 5.74) is -0.281. The first-order valence-electron chi connectivity index (χ1n) is 6.05. The van der Waals surface area contributed by atoms with Crippen molar-refractivity contribution < 1.29 is 18.1 Å². The van der Waals surface area contributed by atoms with Gasteiger partial charge in [-0.05, 0) is 6.07 Å². The summed E-state index contributed by atoms with van der Waals surface area (Å²) in [7, 11) is 0. The van der Waals surface area contributed by atoms with Crippen LogP contribution in [-0.2, 0) is 13.1 Å². The van der Waals surface area contributed by atoms with Crippen LogP contribution in [0.4, 0.5) is 18.9 Å². The quantitative estimate of drug-likeness (QED) is 0.680. The van der Waals surface area contributed by atoms with E-state index in [4.69, 9.17) is 0 Å². The molecule has 0 spiro atoms. The van der Waals surface area contributed by atoms with E-state index in [-0.39, 0.29) is 24.2 Å². The van der Waals surface area contributed by atoms with Crippen LogP contribution in [0.5, 0.6) is 0 Å². The van der Waals surface area contributed by atoms with Crippen molar-refractivity contribution in [1.29, 1.82) is 0 Å². The lowest BCUT2D eigenvalue weighted by Gasteiger charge is -2.07. The van der Waals surface area contributed by atoms with Crippen molar-refractivity contribution in [2.45, 2.75) is 13.1 Å². The number of hydrogen-bond acceptors (Lipinski definition) is 3. The minimum absolute atomic E-state index is 0.00959.